The van der Waals surface area contributed by atoms with E-state index in [4.69, 9.17) is 4.74 Å². The highest BCUT2D eigenvalue weighted by molar-refractivity contribution is 5.76. The summed E-state index contributed by atoms with van der Waals surface area (Å²) < 4.78 is 7.03. The molecular formula is C20H22N4O2. The molecule has 26 heavy (non-hydrogen) atoms. The van der Waals surface area contributed by atoms with E-state index in [9.17, 15) is 4.79 Å². The third-order valence-corrected chi connectivity index (χ3v) is 4.18. The Morgan fingerprint density at radius 1 is 1.19 bits per heavy atom. The van der Waals surface area contributed by atoms with Crippen molar-refractivity contribution < 1.29 is 9.53 Å². The van der Waals surface area contributed by atoms with Gasteiger partial charge >= 0.3 is 0 Å². The van der Waals surface area contributed by atoms with Gasteiger partial charge in [-0.05, 0) is 36.2 Å². The molecule has 1 amide bonds. The van der Waals surface area contributed by atoms with Gasteiger partial charge in [0.15, 0.2) is 0 Å². The third kappa shape index (κ3) is 4.47. The van der Waals surface area contributed by atoms with Crippen LogP contribution < -0.4 is 4.74 Å². The molecule has 6 nitrogen and oxygen atoms in total. The lowest BCUT2D eigenvalue weighted by Crippen LogP contribution is -2.26. The van der Waals surface area contributed by atoms with E-state index in [1.54, 1.807) is 35.3 Å². The molecule has 2 heterocycles. The van der Waals surface area contributed by atoms with E-state index in [0.29, 0.717) is 13.0 Å². The number of carbonyl (C=O) groups excluding carboxylic acids is 1. The molecule has 0 unspecified atom stereocenters. The van der Waals surface area contributed by atoms with Crippen molar-refractivity contribution in [2.75, 3.05) is 14.2 Å². The average molecular weight is 350 g/mol. The number of ether oxygens (including phenoxy) is 1. The number of benzene rings is 1. The summed E-state index contributed by atoms with van der Waals surface area (Å²) >= 11 is 0. The molecule has 0 aliphatic rings. The molecule has 134 valence electrons. The van der Waals surface area contributed by atoms with Crippen molar-refractivity contribution in [3.8, 4) is 11.4 Å². The number of hydrogen-bond acceptors (Lipinski definition) is 4. The van der Waals surface area contributed by atoms with Gasteiger partial charge in [-0.2, -0.15) is 5.10 Å². The lowest BCUT2D eigenvalue weighted by atomic mass is 10.1. The van der Waals surface area contributed by atoms with E-state index in [1.807, 2.05) is 49.6 Å². The predicted molar refractivity (Wildman–Crippen MR) is 99.1 cm³/mol. The van der Waals surface area contributed by atoms with Crippen molar-refractivity contribution in [2.24, 2.45) is 0 Å². The predicted octanol–water partition coefficient (Wildman–Crippen LogP) is 2.87. The van der Waals surface area contributed by atoms with Gasteiger partial charge in [-0.25, -0.2) is 4.68 Å². The van der Waals surface area contributed by atoms with Crippen LogP contribution in [0.5, 0.6) is 5.75 Å². The molecular weight excluding hydrogens is 328 g/mol. The number of methoxy groups -OCH3 is 1. The Labute approximate surface area is 153 Å². The van der Waals surface area contributed by atoms with Crippen molar-refractivity contribution in [3.05, 3.63) is 72.3 Å². The monoisotopic (exact) mass is 350 g/mol. The van der Waals surface area contributed by atoms with Crippen LogP contribution >= 0.6 is 0 Å². The first kappa shape index (κ1) is 17.7. The number of amides is 1. The zero-order chi connectivity index (χ0) is 18.4. The summed E-state index contributed by atoms with van der Waals surface area (Å²) in [4.78, 5) is 18.1. The second kappa shape index (κ2) is 8.29. The van der Waals surface area contributed by atoms with Crippen LogP contribution in [0.2, 0.25) is 0 Å². The summed E-state index contributed by atoms with van der Waals surface area (Å²) in [6.07, 6.45) is 8.40. The Morgan fingerprint density at radius 2 is 2.00 bits per heavy atom. The molecule has 0 N–H and O–H groups in total. The van der Waals surface area contributed by atoms with Crippen molar-refractivity contribution in [2.45, 2.75) is 19.4 Å². The first-order chi connectivity index (χ1) is 12.7. The smallest absolute Gasteiger partial charge is 0.222 e. The fourth-order valence-electron chi connectivity index (χ4n) is 2.69. The topological polar surface area (TPSA) is 60.2 Å². The maximum atomic E-state index is 12.3. The minimum absolute atomic E-state index is 0.107. The molecule has 0 saturated heterocycles. The number of aryl methyl sites for hydroxylation is 1. The van der Waals surface area contributed by atoms with E-state index < -0.39 is 0 Å². The summed E-state index contributed by atoms with van der Waals surface area (Å²) in [7, 11) is 3.46. The quantitative estimate of drug-likeness (QED) is 0.657. The molecule has 0 bridgehead atoms. The van der Waals surface area contributed by atoms with Crippen LogP contribution in [0.25, 0.3) is 5.69 Å². The lowest BCUT2D eigenvalue weighted by molar-refractivity contribution is -0.130. The van der Waals surface area contributed by atoms with Crippen molar-refractivity contribution in [3.63, 3.8) is 0 Å². The Kier molecular flexibility index (Phi) is 5.63. The number of aromatic nitrogens is 3. The van der Waals surface area contributed by atoms with Crippen LogP contribution in [-0.4, -0.2) is 39.7 Å². The van der Waals surface area contributed by atoms with Gasteiger partial charge in [0.05, 0.1) is 19.0 Å². The molecule has 0 aliphatic heterocycles. The van der Waals surface area contributed by atoms with Gasteiger partial charge in [0.25, 0.3) is 0 Å². The SMILES string of the molecule is COc1cccc(-n2cc(CN(C)C(=O)CCc3ccncc3)cn2)c1. The lowest BCUT2D eigenvalue weighted by Gasteiger charge is -2.16. The Hall–Kier alpha value is -3.15. The van der Waals surface area contributed by atoms with Crippen molar-refractivity contribution >= 4 is 5.91 Å². The number of pyridine rings is 1. The molecule has 0 radical (unpaired) electrons. The third-order valence-electron chi connectivity index (χ3n) is 4.18. The highest BCUT2D eigenvalue weighted by atomic mass is 16.5. The normalized spacial score (nSPS) is 10.5. The van der Waals surface area contributed by atoms with Crippen molar-refractivity contribution in [1.82, 2.24) is 19.7 Å². The second-order valence-corrected chi connectivity index (χ2v) is 6.10. The van der Waals surface area contributed by atoms with Crippen LogP contribution in [0.3, 0.4) is 0 Å². The molecule has 3 rings (SSSR count). The molecule has 1 aromatic carbocycles. The van der Waals surface area contributed by atoms with E-state index in [1.165, 1.54) is 0 Å². The maximum absolute atomic E-state index is 12.3. The van der Waals surface area contributed by atoms with Gasteiger partial charge < -0.3 is 9.64 Å². The standard InChI is InChI=1S/C20H22N4O2/c1-23(20(25)7-6-16-8-10-21-11-9-16)14-17-13-22-24(15-17)18-4-3-5-19(12-18)26-2/h3-5,8-13,15H,6-7,14H2,1-2H3. The largest absolute Gasteiger partial charge is 0.497 e. The molecule has 0 aliphatic carbocycles. The highest BCUT2D eigenvalue weighted by Crippen LogP contribution is 2.16. The van der Waals surface area contributed by atoms with E-state index >= 15 is 0 Å². The highest BCUT2D eigenvalue weighted by Gasteiger charge is 2.11. The molecule has 0 fully saturated rings. The maximum Gasteiger partial charge on any atom is 0.222 e. The average Bonchev–Trinajstić information content (AvgIpc) is 3.15. The Balaban J connectivity index is 1.58. The zero-order valence-corrected chi connectivity index (χ0v) is 15.0. The van der Waals surface area contributed by atoms with Crippen LogP contribution in [0.1, 0.15) is 17.5 Å². The first-order valence-corrected chi connectivity index (χ1v) is 8.46. The molecule has 0 atom stereocenters. The Bertz CT molecular complexity index is 861. The van der Waals surface area contributed by atoms with E-state index in [-0.39, 0.29) is 5.91 Å². The van der Waals surface area contributed by atoms with Gasteiger partial charge in [-0.1, -0.05) is 6.07 Å². The van der Waals surface area contributed by atoms with Gasteiger partial charge in [0.1, 0.15) is 5.75 Å². The fourth-order valence-corrected chi connectivity index (χ4v) is 2.69. The van der Waals surface area contributed by atoms with Crippen molar-refractivity contribution in [1.29, 1.82) is 0 Å². The minimum Gasteiger partial charge on any atom is -0.497 e. The van der Waals surface area contributed by atoms with Gasteiger partial charge in [-0.15, -0.1) is 0 Å². The summed E-state index contributed by atoms with van der Waals surface area (Å²) in [6.45, 7) is 0.527. The molecule has 3 aromatic rings. The van der Waals surface area contributed by atoms with Gasteiger partial charge in [-0.3, -0.25) is 9.78 Å². The summed E-state index contributed by atoms with van der Waals surface area (Å²) in [5.41, 5.74) is 3.02. The summed E-state index contributed by atoms with van der Waals surface area (Å²) in [5, 5.41) is 4.38. The van der Waals surface area contributed by atoms with E-state index in [2.05, 4.69) is 10.1 Å². The van der Waals surface area contributed by atoms with Crippen LogP contribution in [0, 0.1) is 0 Å². The number of nitrogens with zero attached hydrogens (tertiary/aromatic N) is 4. The minimum atomic E-state index is 0.107. The van der Waals surface area contributed by atoms with Crippen LogP contribution in [-0.2, 0) is 17.8 Å². The Morgan fingerprint density at radius 3 is 2.77 bits per heavy atom. The summed E-state index contributed by atoms with van der Waals surface area (Å²) in [5.74, 6) is 0.888. The summed E-state index contributed by atoms with van der Waals surface area (Å²) in [6, 6.07) is 11.6. The molecule has 2 aromatic heterocycles. The van der Waals surface area contributed by atoms with E-state index in [0.717, 1.165) is 29.0 Å². The number of rotatable bonds is 7. The molecule has 0 spiro atoms. The molecule has 0 saturated carbocycles. The fraction of sp³-hybridized carbons (Fsp3) is 0.250. The second-order valence-electron chi connectivity index (χ2n) is 6.10. The molecule has 6 heteroatoms. The van der Waals surface area contributed by atoms with Gasteiger partial charge in [0, 0.05) is 50.2 Å². The van der Waals surface area contributed by atoms with Gasteiger partial charge in [0.2, 0.25) is 5.91 Å². The van der Waals surface area contributed by atoms with Crippen LogP contribution in [0.15, 0.2) is 61.2 Å². The number of carbonyl (C=O) groups is 1. The number of hydrogen-bond donors (Lipinski definition) is 0. The first-order valence-electron chi connectivity index (χ1n) is 8.46. The zero-order valence-electron chi connectivity index (χ0n) is 15.0. The van der Waals surface area contributed by atoms with Crippen LogP contribution in [0.4, 0.5) is 0 Å².